The van der Waals surface area contributed by atoms with Crippen LogP contribution in [0.3, 0.4) is 0 Å². The van der Waals surface area contributed by atoms with Gasteiger partial charge in [0.1, 0.15) is 0 Å². The molecule has 125 valence electrons. The number of rotatable bonds is 7. The van der Waals surface area contributed by atoms with Crippen LogP contribution >= 0.6 is 0 Å². The molecule has 3 rings (SSSR count). The van der Waals surface area contributed by atoms with Crippen molar-refractivity contribution in [1.29, 1.82) is 0 Å². The summed E-state index contributed by atoms with van der Waals surface area (Å²) in [4.78, 5) is 0. The Bertz CT molecular complexity index is 330. The molecule has 22 heavy (non-hydrogen) atoms. The molecule has 2 aliphatic carbocycles. The summed E-state index contributed by atoms with van der Waals surface area (Å²) in [6.07, 6.45) is 7.81. The predicted molar refractivity (Wildman–Crippen MR) is 82.8 cm³/mol. The van der Waals surface area contributed by atoms with Gasteiger partial charge in [0, 0.05) is 50.5 Å². The van der Waals surface area contributed by atoms with E-state index >= 15 is 0 Å². The quantitative estimate of drug-likeness (QED) is 0.555. The molecule has 0 amide bonds. The van der Waals surface area contributed by atoms with Gasteiger partial charge >= 0.3 is 0 Å². The number of hydrogen-bond acceptors (Lipinski definition) is 3. The minimum atomic E-state index is -0.173. The molecule has 6 atom stereocenters. The summed E-state index contributed by atoms with van der Waals surface area (Å²) in [6, 6.07) is 0. The van der Waals surface area contributed by atoms with Gasteiger partial charge in [-0.1, -0.05) is 26.7 Å². The summed E-state index contributed by atoms with van der Waals surface area (Å²) in [5.74, 6) is 4.78. The molecule has 1 radical (unpaired) electrons. The van der Waals surface area contributed by atoms with Crippen LogP contribution in [0.25, 0.3) is 0 Å². The molecule has 3 fully saturated rings. The molecule has 1 heterocycles. The molecular weight excluding hydrogens is 491 g/mol. The van der Waals surface area contributed by atoms with Crippen molar-refractivity contribution in [3.63, 3.8) is 0 Å². The van der Waals surface area contributed by atoms with Crippen LogP contribution in [0.4, 0.5) is 0 Å². The van der Waals surface area contributed by atoms with Gasteiger partial charge in [0.05, 0.1) is 19.3 Å². The summed E-state index contributed by atoms with van der Waals surface area (Å²) < 4.78 is 10.8. The second-order valence-corrected chi connectivity index (χ2v) is 7.71. The van der Waals surface area contributed by atoms with E-state index in [0.717, 1.165) is 48.9 Å². The molecule has 3 aliphatic rings. The van der Waals surface area contributed by atoms with E-state index in [2.05, 4.69) is 13.8 Å². The fraction of sp³-hybridized carbons (Fsp3) is 1.00. The minimum absolute atomic E-state index is 0. The Morgan fingerprint density at radius 1 is 1.00 bits per heavy atom. The number of aliphatic hydroxyl groups excluding tert-OH is 1. The number of hydrogen-bond donors (Lipinski definition) is 1. The first kappa shape index (κ1) is 19.6. The second kappa shape index (κ2) is 9.14. The largest absolute Gasteiger partial charge is 0.393 e. The normalized spacial score (nSPS) is 39.1. The molecule has 6 unspecified atom stereocenters. The number of fused-ring (bicyclic) bond motifs is 2. The SMILES string of the molecule is CC1C2CC(CCCC(O)CCC3OCCO3)C(C2)C1C.[Ac]. The van der Waals surface area contributed by atoms with Gasteiger partial charge < -0.3 is 14.6 Å². The van der Waals surface area contributed by atoms with Gasteiger partial charge in [-0.3, -0.25) is 0 Å². The Hall–Kier alpha value is 1.32. The Kier molecular flexibility index (Phi) is 8.16. The maximum absolute atomic E-state index is 10.1. The monoisotopic (exact) mass is 523 g/mol. The van der Waals surface area contributed by atoms with Crippen LogP contribution in [0.5, 0.6) is 0 Å². The van der Waals surface area contributed by atoms with E-state index < -0.39 is 0 Å². The average Bonchev–Trinajstić information content (AvgIpc) is 3.17. The van der Waals surface area contributed by atoms with E-state index in [1.54, 1.807) is 0 Å². The van der Waals surface area contributed by atoms with Gasteiger partial charge in [-0.2, -0.15) is 0 Å². The molecule has 0 aromatic carbocycles. The molecule has 0 aromatic heterocycles. The Labute approximate surface area is 171 Å². The summed E-state index contributed by atoms with van der Waals surface area (Å²) in [6.45, 7) is 6.32. The molecule has 3 nitrogen and oxygen atoms in total. The smallest absolute Gasteiger partial charge is 0.157 e. The third-order valence-electron chi connectivity index (χ3n) is 6.57. The molecule has 0 aromatic rings. The molecule has 1 N–H and O–H groups in total. The number of aliphatic hydroxyl groups is 1. The van der Waals surface area contributed by atoms with Crippen LogP contribution in [0.1, 0.15) is 58.8 Å². The minimum Gasteiger partial charge on any atom is -0.393 e. The van der Waals surface area contributed by atoms with Crippen molar-refractivity contribution in [3.8, 4) is 0 Å². The van der Waals surface area contributed by atoms with Crippen molar-refractivity contribution >= 4 is 0 Å². The van der Waals surface area contributed by atoms with Crippen LogP contribution in [-0.4, -0.2) is 30.7 Å². The van der Waals surface area contributed by atoms with Gasteiger partial charge in [0.15, 0.2) is 6.29 Å². The molecule has 4 heteroatoms. The third-order valence-corrected chi connectivity index (χ3v) is 6.57. The number of ether oxygens (including phenoxy) is 2. The summed E-state index contributed by atoms with van der Waals surface area (Å²) in [7, 11) is 0. The standard InChI is InChI=1S/C18H32O3.Ac/c1-12-13(2)17-11-15(12)10-14(17)4-3-5-16(19)6-7-18-20-8-9-21-18;/h12-19H,3-11H2,1-2H3;. The first-order valence-corrected chi connectivity index (χ1v) is 9.06. The average molecular weight is 523 g/mol. The first-order chi connectivity index (χ1) is 10.1. The van der Waals surface area contributed by atoms with E-state index in [1.807, 2.05) is 0 Å². The summed E-state index contributed by atoms with van der Waals surface area (Å²) in [5, 5.41) is 10.1. The van der Waals surface area contributed by atoms with Crippen LogP contribution in [0.2, 0.25) is 0 Å². The summed E-state index contributed by atoms with van der Waals surface area (Å²) >= 11 is 0. The molecule has 1 saturated heterocycles. The van der Waals surface area contributed by atoms with Gasteiger partial charge in [-0.05, 0) is 55.3 Å². The van der Waals surface area contributed by atoms with Crippen molar-refractivity contribution < 1.29 is 58.6 Å². The van der Waals surface area contributed by atoms with Crippen LogP contribution in [-0.2, 0) is 9.47 Å². The predicted octanol–water partition coefficient (Wildman–Crippen LogP) is 3.60. The van der Waals surface area contributed by atoms with E-state index in [9.17, 15) is 5.11 Å². The van der Waals surface area contributed by atoms with E-state index in [1.165, 1.54) is 25.7 Å². The zero-order valence-electron chi connectivity index (χ0n) is 14.2. The Balaban J connectivity index is 0.00000176. The van der Waals surface area contributed by atoms with Crippen LogP contribution in [0, 0.1) is 73.7 Å². The zero-order valence-corrected chi connectivity index (χ0v) is 19.0. The Morgan fingerprint density at radius 2 is 1.73 bits per heavy atom. The van der Waals surface area contributed by atoms with Crippen molar-refractivity contribution in [2.24, 2.45) is 29.6 Å². The molecule has 2 saturated carbocycles. The molecular formula is C18H32AcO3. The molecule has 1 aliphatic heterocycles. The maximum atomic E-state index is 10.1. The summed E-state index contributed by atoms with van der Waals surface area (Å²) in [5.41, 5.74) is 0. The van der Waals surface area contributed by atoms with Gasteiger partial charge in [-0.15, -0.1) is 0 Å². The fourth-order valence-corrected chi connectivity index (χ4v) is 5.09. The van der Waals surface area contributed by atoms with Gasteiger partial charge in [0.2, 0.25) is 0 Å². The van der Waals surface area contributed by atoms with E-state index in [4.69, 9.17) is 9.47 Å². The molecule has 0 spiro atoms. The third kappa shape index (κ3) is 4.69. The first-order valence-electron chi connectivity index (χ1n) is 9.06. The fourth-order valence-electron chi connectivity index (χ4n) is 5.09. The second-order valence-electron chi connectivity index (χ2n) is 7.71. The van der Waals surface area contributed by atoms with E-state index in [-0.39, 0.29) is 56.5 Å². The molecule has 2 bridgehead atoms. The van der Waals surface area contributed by atoms with Crippen molar-refractivity contribution in [2.75, 3.05) is 13.2 Å². The van der Waals surface area contributed by atoms with Crippen LogP contribution < -0.4 is 0 Å². The van der Waals surface area contributed by atoms with Gasteiger partial charge in [0.25, 0.3) is 0 Å². The maximum Gasteiger partial charge on any atom is 0.157 e. The Morgan fingerprint density at radius 3 is 2.36 bits per heavy atom. The van der Waals surface area contributed by atoms with Gasteiger partial charge in [-0.25, -0.2) is 0 Å². The van der Waals surface area contributed by atoms with Crippen molar-refractivity contribution in [3.05, 3.63) is 0 Å². The topological polar surface area (TPSA) is 38.7 Å². The van der Waals surface area contributed by atoms with Crippen LogP contribution in [0.15, 0.2) is 0 Å². The zero-order chi connectivity index (χ0) is 14.8. The van der Waals surface area contributed by atoms with Crippen molar-refractivity contribution in [2.45, 2.75) is 71.2 Å². The van der Waals surface area contributed by atoms with E-state index in [0.29, 0.717) is 13.2 Å². The van der Waals surface area contributed by atoms with Crippen molar-refractivity contribution in [1.82, 2.24) is 0 Å².